The fourth-order valence-electron chi connectivity index (χ4n) is 5.26. The van der Waals surface area contributed by atoms with E-state index in [1.807, 2.05) is 18.2 Å². The molecule has 1 aromatic carbocycles. The number of rotatable bonds is 14. The van der Waals surface area contributed by atoms with Crippen LogP contribution in [0.5, 0.6) is 0 Å². The van der Waals surface area contributed by atoms with Gasteiger partial charge in [-0.15, -0.1) is 0 Å². The van der Waals surface area contributed by atoms with Crippen molar-refractivity contribution in [3.63, 3.8) is 0 Å². The van der Waals surface area contributed by atoms with E-state index in [0.29, 0.717) is 30.9 Å². The lowest BCUT2D eigenvalue weighted by Gasteiger charge is -2.25. The molecule has 9 N–H and O–H groups in total. The second-order valence-corrected chi connectivity index (χ2v) is 10.4. The molecule has 1 saturated carbocycles. The molecule has 38 heavy (non-hydrogen) atoms. The summed E-state index contributed by atoms with van der Waals surface area (Å²) in [5.74, 6) is 13.9. The van der Waals surface area contributed by atoms with Gasteiger partial charge in [0.1, 0.15) is 5.82 Å². The minimum absolute atomic E-state index is 0.346. The molecule has 1 aliphatic heterocycles. The monoisotopic (exact) mass is 525 g/mol. The molecular formula is C27H47N11. The number of hydrazine groups is 1. The molecule has 0 bridgehead atoms. The molecule has 0 unspecified atom stereocenters. The molecule has 11 heteroatoms. The van der Waals surface area contributed by atoms with Gasteiger partial charge >= 0.3 is 0 Å². The third kappa shape index (κ3) is 8.93. The number of nitrogens with two attached hydrogens (primary N) is 2. The van der Waals surface area contributed by atoms with Crippen molar-refractivity contribution in [3.05, 3.63) is 24.3 Å². The van der Waals surface area contributed by atoms with Gasteiger partial charge in [-0.1, -0.05) is 31.4 Å². The average molecular weight is 526 g/mol. The Balaban J connectivity index is 1.18. The average Bonchev–Trinajstić information content (AvgIpc) is 2.96. The smallest absolute Gasteiger partial charge is 0.225 e. The number of para-hydroxylation sites is 1. The van der Waals surface area contributed by atoms with Gasteiger partial charge in [-0.2, -0.15) is 10.1 Å². The molecule has 1 aliphatic carbocycles. The number of amidine groups is 1. The largest absolute Gasteiger partial charge is 0.367 e. The second-order valence-electron chi connectivity index (χ2n) is 10.4. The van der Waals surface area contributed by atoms with Crippen molar-refractivity contribution >= 4 is 28.5 Å². The van der Waals surface area contributed by atoms with Crippen molar-refractivity contribution in [2.24, 2.45) is 16.8 Å². The van der Waals surface area contributed by atoms with E-state index in [9.17, 15) is 0 Å². The Morgan fingerprint density at radius 3 is 2.58 bits per heavy atom. The van der Waals surface area contributed by atoms with Crippen LogP contribution in [0.4, 0.5) is 11.8 Å². The van der Waals surface area contributed by atoms with Crippen molar-refractivity contribution < 1.29 is 0 Å². The van der Waals surface area contributed by atoms with E-state index in [2.05, 4.69) is 37.8 Å². The number of hydrogen-bond acceptors (Lipinski definition) is 10. The van der Waals surface area contributed by atoms with Crippen molar-refractivity contribution in [3.8, 4) is 0 Å². The number of aromatic nitrogens is 2. The molecular weight excluding hydrogens is 478 g/mol. The lowest BCUT2D eigenvalue weighted by Crippen LogP contribution is -2.43. The van der Waals surface area contributed by atoms with Crippen LogP contribution < -0.4 is 38.3 Å². The third-order valence-corrected chi connectivity index (χ3v) is 7.49. The van der Waals surface area contributed by atoms with Crippen LogP contribution in [-0.4, -0.2) is 78.7 Å². The molecule has 1 aromatic heterocycles. The van der Waals surface area contributed by atoms with E-state index in [4.69, 9.17) is 21.7 Å². The maximum absolute atomic E-state index is 6.27. The number of hydrogen-bond donors (Lipinski definition) is 7. The van der Waals surface area contributed by atoms with Crippen LogP contribution in [0.1, 0.15) is 57.8 Å². The molecule has 2 aromatic rings. The Morgan fingerprint density at radius 2 is 1.76 bits per heavy atom. The summed E-state index contributed by atoms with van der Waals surface area (Å²) in [7, 11) is 0. The Hall–Kier alpha value is -2.73. The first-order valence-corrected chi connectivity index (χ1v) is 14.4. The highest BCUT2D eigenvalue weighted by atomic mass is 15.5. The lowest BCUT2D eigenvalue weighted by atomic mass is 9.95. The van der Waals surface area contributed by atoms with E-state index in [0.717, 1.165) is 81.2 Å². The standard InChI is InChI=1S/C27H47N11/c28-37-25(38(29)19-7-15-30-14-6-16-32-21-8-2-1-3-9-21)20-33-27-35-24-11-5-4-10-23(24)26(36-27)34-22-12-17-31-18-13-22/h4-5,10-11,21-22,30-32H,1-3,6-9,12-20,28-29H2,(H2,33,34,35,36)/b37-25-. The summed E-state index contributed by atoms with van der Waals surface area (Å²) in [4.78, 5) is 9.47. The minimum atomic E-state index is 0.346. The van der Waals surface area contributed by atoms with E-state index in [1.165, 1.54) is 32.1 Å². The van der Waals surface area contributed by atoms with E-state index < -0.39 is 0 Å². The van der Waals surface area contributed by atoms with Crippen LogP contribution in [-0.2, 0) is 0 Å². The Kier molecular flexibility index (Phi) is 11.6. The minimum Gasteiger partial charge on any atom is -0.367 e. The zero-order chi connectivity index (χ0) is 26.4. The summed E-state index contributed by atoms with van der Waals surface area (Å²) < 4.78 is 0. The molecule has 210 valence electrons. The SMILES string of the molecule is N/N=C(/CNc1nc(NC2CCNCC2)c2ccccc2n1)N(N)CCCNCCCNC1CCCCC1. The van der Waals surface area contributed by atoms with Crippen molar-refractivity contribution in [1.82, 2.24) is 30.9 Å². The van der Waals surface area contributed by atoms with Gasteiger partial charge in [0, 0.05) is 24.0 Å². The van der Waals surface area contributed by atoms with E-state index in [-0.39, 0.29) is 0 Å². The number of hydrazone groups is 1. The van der Waals surface area contributed by atoms with Crippen molar-refractivity contribution in [1.29, 1.82) is 0 Å². The fraction of sp³-hybridized carbons (Fsp3) is 0.667. The zero-order valence-corrected chi connectivity index (χ0v) is 22.7. The summed E-state index contributed by atoms with van der Waals surface area (Å²) in [6.45, 7) is 6.04. The van der Waals surface area contributed by atoms with Gasteiger partial charge < -0.3 is 32.4 Å². The van der Waals surface area contributed by atoms with Crippen LogP contribution >= 0.6 is 0 Å². The van der Waals surface area contributed by atoms with Gasteiger partial charge in [0.15, 0.2) is 5.84 Å². The van der Waals surface area contributed by atoms with Gasteiger partial charge in [0.25, 0.3) is 0 Å². The summed E-state index contributed by atoms with van der Waals surface area (Å²) in [5, 5.41) is 24.0. The summed E-state index contributed by atoms with van der Waals surface area (Å²) >= 11 is 0. The van der Waals surface area contributed by atoms with Crippen LogP contribution in [0.15, 0.2) is 29.4 Å². The highest BCUT2D eigenvalue weighted by molar-refractivity contribution is 5.90. The van der Waals surface area contributed by atoms with E-state index in [1.54, 1.807) is 5.01 Å². The van der Waals surface area contributed by atoms with Crippen LogP contribution in [0, 0.1) is 0 Å². The molecule has 0 amide bonds. The quantitative estimate of drug-likeness (QED) is 0.0640. The topological polar surface area (TPSA) is 154 Å². The fourth-order valence-corrected chi connectivity index (χ4v) is 5.26. The summed E-state index contributed by atoms with van der Waals surface area (Å²) in [5.41, 5.74) is 0.886. The maximum atomic E-state index is 6.27. The molecule has 2 aliphatic rings. The van der Waals surface area contributed by atoms with Gasteiger partial charge in [0.2, 0.25) is 5.95 Å². The van der Waals surface area contributed by atoms with Gasteiger partial charge in [-0.3, -0.25) is 5.01 Å². The molecule has 2 heterocycles. The Bertz CT molecular complexity index is 986. The maximum Gasteiger partial charge on any atom is 0.225 e. The van der Waals surface area contributed by atoms with Crippen LogP contribution in [0.25, 0.3) is 10.9 Å². The summed E-state index contributed by atoms with van der Waals surface area (Å²) in [6, 6.07) is 9.18. The normalized spacial score (nSPS) is 17.6. The van der Waals surface area contributed by atoms with Crippen molar-refractivity contribution in [2.75, 3.05) is 56.4 Å². The number of anilines is 2. The number of benzene rings is 1. The third-order valence-electron chi connectivity index (χ3n) is 7.49. The van der Waals surface area contributed by atoms with Crippen LogP contribution in [0.3, 0.4) is 0 Å². The first-order valence-electron chi connectivity index (χ1n) is 14.4. The first kappa shape index (κ1) is 28.3. The van der Waals surface area contributed by atoms with Gasteiger partial charge in [-0.25, -0.2) is 10.8 Å². The molecule has 1 saturated heterocycles. The predicted molar refractivity (Wildman–Crippen MR) is 157 cm³/mol. The number of nitrogens with one attached hydrogen (secondary N) is 5. The zero-order valence-electron chi connectivity index (χ0n) is 22.7. The first-order chi connectivity index (χ1) is 18.7. The number of piperidine rings is 1. The molecule has 2 fully saturated rings. The molecule has 0 atom stereocenters. The Morgan fingerprint density at radius 1 is 0.974 bits per heavy atom. The van der Waals surface area contributed by atoms with Gasteiger partial charge in [0.05, 0.1) is 12.1 Å². The highest BCUT2D eigenvalue weighted by Gasteiger charge is 2.16. The molecule has 4 rings (SSSR count). The van der Waals surface area contributed by atoms with Crippen LogP contribution in [0.2, 0.25) is 0 Å². The second kappa shape index (κ2) is 15.6. The van der Waals surface area contributed by atoms with E-state index >= 15 is 0 Å². The molecule has 0 radical (unpaired) electrons. The number of nitrogens with zero attached hydrogens (tertiary/aromatic N) is 4. The predicted octanol–water partition coefficient (Wildman–Crippen LogP) is 1.95. The lowest BCUT2D eigenvalue weighted by molar-refractivity contribution is 0.370. The Labute approximate surface area is 226 Å². The van der Waals surface area contributed by atoms with Crippen molar-refractivity contribution in [2.45, 2.75) is 69.9 Å². The number of fused-ring (bicyclic) bond motifs is 1. The highest BCUT2D eigenvalue weighted by Crippen LogP contribution is 2.24. The summed E-state index contributed by atoms with van der Waals surface area (Å²) in [6.07, 6.45) is 11.0. The van der Waals surface area contributed by atoms with Gasteiger partial charge in [-0.05, 0) is 83.4 Å². The molecule has 0 spiro atoms. The molecule has 11 nitrogen and oxygen atoms in total.